The molecule has 4 rings (SSSR count). The number of aromatic carboxylic acids is 1. The summed E-state index contributed by atoms with van der Waals surface area (Å²) >= 11 is 0. The van der Waals surface area contributed by atoms with E-state index in [1.807, 2.05) is 30.3 Å². The third-order valence-electron chi connectivity index (χ3n) is 5.40. The van der Waals surface area contributed by atoms with Crippen LogP contribution in [0.15, 0.2) is 48.5 Å². The van der Waals surface area contributed by atoms with Gasteiger partial charge in [-0.05, 0) is 47.2 Å². The van der Waals surface area contributed by atoms with Gasteiger partial charge in [-0.15, -0.1) is 0 Å². The lowest BCUT2D eigenvalue weighted by molar-refractivity contribution is -0.126. The summed E-state index contributed by atoms with van der Waals surface area (Å²) in [5.74, 6) is -0.680. The Morgan fingerprint density at radius 2 is 1.81 bits per heavy atom. The van der Waals surface area contributed by atoms with Gasteiger partial charge in [-0.2, -0.15) is 0 Å². The normalized spacial score (nSPS) is 23.4. The van der Waals surface area contributed by atoms with E-state index in [4.69, 9.17) is 5.11 Å². The third-order valence-corrected chi connectivity index (χ3v) is 5.40. The van der Waals surface area contributed by atoms with Gasteiger partial charge >= 0.3 is 5.97 Å². The first-order chi connectivity index (χ1) is 12.5. The largest absolute Gasteiger partial charge is 0.478 e. The average molecular weight is 349 g/mol. The molecule has 2 fully saturated rings. The van der Waals surface area contributed by atoms with Gasteiger partial charge < -0.3 is 10.4 Å². The van der Waals surface area contributed by atoms with Gasteiger partial charge in [0, 0.05) is 18.9 Å². The zero-order chi connectivity index (χ0) is 18.3. The van der Waals surface area contributed by atoms with Crippen LogP contribution < -0.4 is 5.32 Å². The van der Waals surface area contributed by atoms with Crippen molar-refractivity contribution < 1.29 is 19.5 Å². The zero-order valence-electron chi connectivity index (χ0n) is 14.1. The Balaban J connectivity index is 1.43. The maximum atomic E-state index is 12.3. The van der Waals surface area contributed by atoms with Gasteiger partial charge in [-0.3, -0.25) is 9.59 Å². The number of carbonyl (C=O) groups is 3. The Bertz CT molecular complexity index is 904. The molecule has 2 aromatic rings. The highest BCUT2D eigenvalue weighted by Gasteiger charge is 2.61. The fourth-order valence-electron chi connectivity index (χ4n) is 4.00. The summed E-state index contributed by atoms with van der Waals surface area (Å²) < 4.78 is 0. The highest BCUT2D eigenvalue weighted by molar-refractivity contribution is 5.96. The molecule has 0 aromatic heterocycles. The number of hydrogen-bond donors (Lipinski definition) is 2. The van der Waals surface area contributed by atoms with Crippen molar-refractivity contribution in [3.8, 4) is 11.1 Å². The molecule has 1 amide bonds. The molecular weight excluding hydrogens is 330 g/mol. The summed E-state index contributed by atoms with van der Waals surface area (Å²) in [5, 5.41) is 12.1. The van der Waals surface area contributed by atoms with Crippen molar-refractivity contribution in [3.05, 3.63) is 59.7 Å². The molecule has 2 aliphatic carbocycles. The third kappa shape index (κ3) is 3.01. The quantitative estimate of drug-likeness (QED) is 0.869. The molecule has 2 aromatic carbocycles. The molecule has 132 valence electrons. The first-order valence-electron chi connectivity index (χ1n) is 8.77. The molecule has 3 unspecified atom stereocenters. The molecule has 0 spiro atoms. The summed E-state index contributed by atoms with van der Waals surface area (Å²) in [4.78, 5) is 35.1. The smallest absolute Gasteiger partial charge is 0.335 e. The van der Waals surface area contributed by atoms with Crippen molar-refractivity contribution in [2.24, 2.45) is 17.8 Å². The Labute approximate surface area is 151 Å². The minimum absolute atomic E-state index is 0.0358. The Hall–Kier alpha value is -2.95. The monoisotopic (exact) mass is 349 g/mol. The number of carboxylic acids is 1. The van der Waals surface area contributed by atoms with Crippen LogP contribution in [0.2, 0.25) is 0 Å². The molecular formula is C21H19NO4. The van der Waals surface area contributed by atoms with Crippen LogP contribution in [0.5, 0.6) is 0 Å². The van der Waals surface area contributed by atoms with Crippen molar-refractivity contribution in [1.82, 2.24) is 5.32 Å². The molecule has 2 aliphatic rings. The SMILES string of the molecule is O=C(O)c1cccc(-c2cccc(CNC(=O)C3C4CCC(=O)C43)c2)c1. The lowest BCUT2D eigenvalue weighted by Crippen LogP contribution is -2.27. The maximum absolute atomic E-state index is 12.3. The number of rotatable bonds is 5. The van der Waals surface area contributed by atoms with Gasteiger partial charge in [0.25, 0.3) is 0 Å². The van der Waals surface area contributed by atoms with Crippen LogP contribution in [0.1, 0.15) is 28.8 Å². The van der Waals surface area contributed by atoms with Crippen LogP contribution in [0.4, 0.5) is 0 Å². The number of hydrogen-bond acceptors (Lipinski definition) is 3. The van der Waals surface area contributed by atoms with E-state index in [-0.39, 0.29) is 35.0 Å². The average Bonchev–Trinajstić information content (AvgIpc) is 3.28. The van der Waals surface area contributed by atoms with E-state index in [9.17, 15) is 14.4 Å². The highest BCUT2D eigenvalue weighted by atomic mass is 16.4. The predicted octanol–water partition coefficient (Wildman–Crippen LogP) is 2.89. The summed E-state index contributed by atoms with van der Waals surface area (Å²) in [6.07, 6.45) is 1.47. The van der Waals surface area contributed by atoms with Crippen LogP contribution in [0.3, 0.4) is 0 Å². The fourth-order valence-corrected chi connectivity index (χ4v) is 4.00. The summed E-state index contributed by atoms with van der Waals surface area (Å²) in [6.45, 7) is 0.398. The minimum Gasteiger partial charge on any atom is -0.478 e. The van der Waals surface area contributed by atoms with E-state index in [0.717, 1.165) is 23.1 Å². The van der Waals surface area contributed by atoms with Gasteiger partial charge in [0.15, 0.2) is 0 Å². The first kappa shape index (κ1) is 16.5. The van der Waals surface area contributed by atoms with Gasteiger partial charge in [0.05, 0.1) is 11.5 Å². The lowest BCUT2D eigenvalue weighted by atomic mass is 10.0. The van der Waals surface area contributed by atoms with E-state index < -0.39 is 5.97 Å². The minimum atomic E-state index is -0.959. The molecule has 0 saturated heterocycles. The number of amides is 1. The van der Waals surface area contributed by atoms with Crippen molar-refractivity contribution in [2.75, 3.05) is 0 Å². The van der Waals surface area contributed by atoms with Crippen LogP contribution in [-0.4, -0.2) is 22.8 Å². The van der Waals surface area contributed by atoms with Gasteiger partial charge in [0.2, 0.25) is 5.91 Å². The van der Waals surface area contributed by atoms with Crippen LogP contribution in [0, 0.1) is 17.8 Å². The van der Waals surface area contributed by atoms with Crippen molar-refractivity contribution in [1.29, 1.82) is 0 Å². The van der Waals surface area contributed by atoms with Crippen LogP contribution in [0.25, 0.3) is 11.1 Å². The lowest BCUT2D eigenvalue weighted by Gasteiger charge is -2.09. The van der Waals surface area contributed by atoms with E-state index in [0.29, 0.717) is 13.0 Å². The molecule has 26 heavy (non-hydrogen) atoms. The number of nitrogens with one attached hydrogen (secondary N) is 1. The second-order valence-corrected chi connectivity index (χ2v) is 7.02. The second-order valence-electron chi connectivity index (χ2n) is 7.02. The molecule has 0 radical (unpaired) electrons. The van der Waals surface area contributed by atoms with Crippen molar-refractivity contribution >= 4 is 17.7 Å². The Morgan fingerprint density at radius 1 is 1.08 bits per heavy atom. The number of fused-ring (bicyclic) bond motifs is 1. The second kappa shape index (κ2) is 6.41. The first-order valence-corrected chi connectivity index (χ1v) is 8.77. The topological polar surface area (TPSA) is 83.5 Å². The van der Waals surface area contributed by atoms with E-state index in [1.54, 1.807) is 18.2 Å². The maximum Gasteiger partial charge on any atom is 0.335 e. The summed E-state index contributed by atoms with van der Waals surface area (Å²) in [7, 11) is 0. The molecule has 0 aliphatic heterocycles. The summed E-state index contributed by atoms with van der Waals surface area (Å²) in [6, 6.07) is 14.4. The standard InChI is InChI=1S/C21H19NO4/c23-17-8-7-16-18(17)19(16)20(24)22-11-12-3-1-4-13(9-12)14-5-2-6-15(10-14)21(25)26/h1-6,9-10,16,18-19H,7-8,11H2,(H,22,24)(H,25,26). The Morgan fingerprint density at radius 3 is 2.50 bits per heavy atom. The molecule has 2 N–H and O–H groups in total. The van der Waals surface area contributed by atoms with Gasteiger partial charge in [0.1, 0.15) is 5.78 Å². The van der Waals surface area contributed by atoms with E-state index in [2.05, 4.69) is 5.32 Å². The van der Waals surface area contributed by atoms with Crippen LogP contribution in [-0.2, 0) is 16.1 Å². The van der Waals surface area contributed by atoms with E-state index >= 15 is 0 Å². The van der Waals surface area contributed by atoms with Gasteiger partial charge in [-0.25, -0.2) is 4.79 Å². The number of Topliss-reactive ketones (excluding diaryl/α,β-unsaturated/α-hetero) is 1. The van der Waals surface area contributed by atoms with E-state index in [1.165, 1.54) is 0 Å². The molecule has 0 bridgehead atoms. The molecule has 5 heteroatoms. The van der Waals surface area contributed by atoms with Gasteiger partial charge in [-0.1, -0.05) is 30.3 Å². The molecule has 2 saturated carbocycles. The number of carboxylic acid groups (broad SMARTS) is 1. The molecule has 0 heterocycles. The highest BCUT2D eigenvalue weighted by Crippen LogP contribution is 2.55. The zero-order valence-corrected chi connectivity index (χ0v) is 14.1. The number of benzene rings is 2. The fraction of sp³-hybridized carbons (Fsp3) is 0.286. The number of carbonyl (C=O) groups excluding carboxylic acids is 2. The van der Waals surface area contributed by atoms with Crippen molar-refractivity contribution in [3.63, 3.8) is 0 Å². The summed E-state index contributed by atoms with van der Waals surface area (Å²) in [5.41, 5.74) is 2.90. The molecule has 5 nitrogen and oxygen atoms in total. The predicted molar refractivity (Wildman–Crippen MR) is 95.4 cm³/mol. The number of ketones is 1. The van der Waals surface area contributed by atoms with Crippen molar-refractivity contribution in [2.45, 2.75) is 19.4 Å². The Kier molecular flexibility index (Phi) is 4.07. The van der Waals surface area contributed by atoms with Crippen LogP contribution >= 0.6 is 0 Å². The molecule has 3 atom stereocenters.